The van der Waals surface area contributed by atoms with Gasteiger partial charge in [0.25, 0.3) is 0 Å². The van der Waals surface area contributed by atoms with Crippen LogP contribution < -0.4 is 0 Å². The van der Waals surface area contributed by atoms with Gasteiger partial charge >= 0.3 is 0 Å². The average molecular weight is 226 g/mol. The average Bonchev–Trinajstić information content (AvgIpc) is 2.27. The van der Waals surface area contributed by atoms with Crippen molar-refractivity contribution in [3.05, 3.63) is 64.7 Å². The Morgan fingerprint density at radius 3 is 2.18 bits per heavy atom. The van der Waals surface area contributed by atoms with Gasteiger partial charge in [-0.1, -0.05) is 29.3 Å². The van der Waals surface area contributed by atoms with E-state index in [9.17, 15) is 9.90 Å². The van der Waals surface area contributed by atoms with Gasteiger partial charge in [0.2, 0.25) is 0 Å². The normalized spacial score (nSPS) is 10.2. The maximum absolute atomic E-state index is 12.2. The van der Waals surface area contributed by atoms with Crippen molar-refractivity contribution < 1.29 is 9.90 Å². The zero-order chi connectivity index (χ0) is 12.4. The predicted molar refractivity (Wildman–Crippen MR) is 67.5 cm³/mol. The highest BCUT2D eigenvalue weighted by atomic mass is 16.3. The summed E-state index contributed by atoms with van der Waals surface area (Å²) in [7, 11) is 0. The summed E-state index contributed by atoms with van der Waals surface area (Å²) in [5.74, 6) is -0.119. The van der Waals surface area contributed by atoms with Crippen LogP contribution in [0.4, 0.5) is 0 Å². The van der Waals surface area contributed by atoms with Crippen molar-refractivity contribution >= 4 is 5.78 Å². The van der Waals surface area contributed by atoms with Gasteiger partial charge in [-0.2, -0.15) is 0 Å². The lowest BCUT2D eigenvalue weighted by atomic mass is 9.99. The minimum Gasteiger partial charge on any atom is -0.507 e. The van der Waals surface area contributed by atoms with E-state index in [4.69, 9.17) is 0 Å². The lowest BCUT2D eigenvalue weighted by Crippen LogP contribution is -2.02. The van der Waals surface area contributed by atoms with Gasteiger partial charge in [0.05, 0.1) is 5.56 Å². The number of phenolic OH excluding ortho intramolecular Hbond substituents is 1. The van der Waals surface area contributed by atoms with Crippen LogP contribution in [-0.2, 0) is 0 Å². The highest BCUT2D eigenvalue weighted by Gasteiger charge is 2.13. The Morgan fingerprint density at radius 2 is 1.59 bits per heavy atom. The summed E-state index contributed by atoms with van der Waals surface area (Å²) in [5.41, 5.74) is 3.05. The highest BCUT2D eigenvalue weighted by Crippen LogP contribution is 2.21. The predicted octanol–water partition coefficient (Wildman–Crippen LogP) is 3.24. The Kier molecular flexibility index (Phi) is 2.96. The molecule has 0 aliphatic heterocycles. The number of hydrogen-bond acceptors (Lipinski definition) is 2. The Hall–Kier alpha value is -2.09. The van der Waals surface area contributed by atoms with E-state index in [1.165, 1.54) is 6.07 Å². The van der Waals surface area contributed by atoms with Crippen molar-refractivity contribution in [1.29, 1.82) is 0 Å². The van der Waals surface area contributed by atoms with Gasteiger partial charge < -0.3 is 5.11 Å². The molecule has 0 atom stereocenters. The molecule has 17 heavy (non-hydrogen) atoms. The molecule has 2 nitrogen and oxygen atoms in total. The smallest absolute Gasteiger partial charge is 0.196 e. The summed E-state index contributed by atoms with van der Waals surface area (Å²) in [6.07, 6.45) is 0. The molecule has 0 saturated carbocycles. The number of aromatic hydroxyl groups is 1. The van der Waals surface area contributed by atoms with Crippen molar-refractivity contribution in [3.8, 4) is 5.75 Å². The molecule has 0 unspecified atom stereocenters. The van der Waals surface area contributed by atoms with Gasteiger partial charge in [0.1, 0.15) is 5.75 Å². The first-order chi connectivity index (χ1) is 8.08. The lowest BCUT2D eigenvalue weighted by molar-refractivity contribution is 0.103. The number of carbonyl (C=O) groups excluding carboxylic acids is 1. The van der Waals surface area contributed by atoms with E-state index in [0.717, 1.165) is 11.1 Å². The second-order valence-corrected chi connectivity index (χ2v) is 4.22. The number of para-hydroxylation sites is 1. The molecule has 0 aliphatic rings. The van der Waals surface area contributed by atoms with Crippen LogP contribution in [0.2, 0.25) is 0 Å². The van der Waals surface area contributed by atoms with Crippen LogP contribution >= 0.6 is 0 Å². The molecule has 0 spiro atoms. The molecule has 2 aromatic rings. The number of carbonyl (C=O) groups is 1. The van der Waals surface area contributed by atoms with E-state index >= 15 is 0 Å². The monoisotopic (exact) mass is 226 g/mol. The Labute approximate surface area is 101 Å². The molecule has 86 valence electrons. The zero-order valence-electron chi connectivity index (χ0n) is 9.90. The topological polar surface area (TPSA) is 37.3 Å². The first-order valence-corrected chi connectivity index (χ1v) is 5.49. The lowest BCUT2D eigenvalue weighted by Gasteiger charge is -2.06. The summed E-state index contributed by atoms with van der Waals surface area (Å²) in [6.45, 7) is 3.91. The van der Waals surface area contributed by atoms with Crippen LogP contribution in [0.1, 0.15) is 27.0 Å². The molecule has 0 bridgehead atoms. The fourth-order valence-electron chi connectivity index (χ4n) is 1.93. The third kappa shape index (κ3) is 2.36. The SMILES string of the molecule is Cc1cc(C)cc(C(=O)c2ccccc2O)c1. The molecule has 2 aromatic carbocycles. The summed E-state index contributed by atoms with van der Waals surface area (Å²) < 4.78 is 0. The molecule has 0 fully saturated rings. The van der Waals surface area contributed by atoms with Gasteiger partial charge in [0, 0.05) is 5.56 Å². The van der Waals surface area contributed by atoms with Gasteiger partial charge in [-0.05, 0) is 38.1 Å². The van der Waals surface area contributed by atoms with Crippen LogP contribution in [0.25, 0.3) is 0 Å². The Bertz CT molecular complexity index is 551. The molecule has 0 heterocycles. The number of ketones is 1. The molecular weight excluding hydrogens is 212 g/mol. The van der Waals surface area contributed by atoms with Crippen molar-refractivity contribution in [1.82, 2.24) is 0 Å². The molecular formula is C15H14O2. The van der Waals surface area contributed by atoms with E-state index in [1.807, 2.05) is 32.0 Å². The van der Waals surface area contributed by atoms with Crippen LogP contribution in [-0.4, -0.2) is 10.9 Å². The van der Waals surface area contributed by atoms with Gasteiger partial charge in [-0.15, -0.1) is 0 Å². The maximum atomic E-state index is 12.2. The first kappa shape index (κ1) is 11.4. The third-order valence-electron chi connectivity index (χ3n) is 2.63. The first-order valence-electron chi connectivity index (χ1n) is 5.49. The van der Waals surface area contributed by atoms with E-state index in [0.29, 0.717) is 11.1 Å². The third-order valence-corrected chi connectivity index (χ3v) is 2.63. The minimum absolute atomic E-state index is 0.0247. The number of phenols is 1. The van der Waals surface area contributed by atoms with Gasteiger partial charge in [0.15, 0.2) is 5.78 Å². The quantitative estimate of drug-likeness (QED) is 0.798. The van der Waals surface area contributed by atoms with Crippen LogP contribution in [0, 0.1) is 13.8 Å². The zero-order valence-corrected chi connectivity index (χ0v) is 9.90. The molecule has 2 heteroatoms. The van der Waals surface area contributed by atoms with Gasteiger partial charge in [-0.25, -0.2) is 0 Å². The second-order valence-electron chi connectivity index (χ2n) is 4.22. The number of aryl methyl sites for hydroxylation is 2. The van der Waals surface area contributed by atoms with Crippen molar-refractivity contribution in [2.45, 2.75) is 13.8 Å². The van der Waals surface area contributed by atoms with Crippen molar-refractivity contribution in [3.63, 3.8) is 0 Å². The fraction of sp³-hybridized carbons (Fsp3) is 0.133. The summed E-state index contributed by atoms with van der Waals surface area (Å²) >= 11 is 0. The largest absolute Gasteiger partial charge is 0.507 e. The van der Waals surface area contributed by atoms with E-state index < -0.39 is 0 Å². The molecule has 0 aliphatic carbocycles. The number of rotatable bonds is 2. The molecule has 2 rings (SSSR count). The second kappa shape index (κ2) is 4.42. The highest BCUT2D eigenvalue weighted by molar-refractivity contribution is 6.10. The molecule has 0 amide bonds. The Morgan fingerprint density at radius 1 is 1.00 bits per heavy atom. The van der Waals surface area contributed by atoms with Gasteiger partial charge in [-0.3, -0.25) is 4.79 Å². The molecule has 0 aromatic heterocycles. The van der Waals surface area contributed by atoms with Crippen LogP contribution in [0.15, 0.2) is 42.5 Å². The van der Waals surface area contributed by atoms with Crippen molar-refractivity contribution in [2.75, 3.05) is 0 Å². The fourth-order valence-corrected chi connectivity index (χ4v) is 1.93. The van der Waals surface area contributed by atoms with Crippen LogP contribution in [0.3, 0.4) is 0 Å². The summed E-state index contributed by atoms with van der Waals surface area (Å²) in [5, 5.41) is 9.66. The molecule has 1 N–H and O–H groups in total. The molecule has 0 radical (unpaired) electrons. The summed E-state index contributed by atoms with van der Waals surface area (Å²) in [4.78, 5) is 12.2. The van der Waals surface area contributed by atoms with Crippen LogP contribution in [0.5, 0.6) is 5.75 Å². The maximum Gasteiger partial charge on any atom is 0.196 e. The van der Waals surface area contributed by atoms with E-state index in [1.54, 1.807) is 18.2 Å². The van der Waals surface area contributed by atoms with E-state index in [-0.39, 0.29) is 11.5 Å². The standard InChI is InChI=1S/C15H14O2/c1-10-7-11(2)9-12(8-10)15(17)13-5-3-4-6-14(13)16/h3-9,16H,1-2H3. The summed E-state index contributed by atoms with van der Waals surface area (Å²) in [6, 6.07) is 12.3. The number of benzene rings is 2. The molecule has 0 saturated heterocycles. The van der Waals surface area contributed by atoms with Crippen molar-refractivity contribution in [2.24, 2.45) is 0 Å². The van der Waals surface area contributed by atoms with E-state index in [2.05, 4.69) is 0 Å². The Balaban J connectivity index is 2.48. The number of hydrogen-bond donors (Lipinski definition) is 1. The minimum atomic E-state index is -0.144.